The molecule has 1 atom stereocenters. The minimum absolute atomic E-state index is 0.0332. The zero-order valence-electron chi connectivity index (χ0n) is 15.4. The van der Waals surface area contributed by atoms with Crippen molar-refractivity contribution in [2.24, 2.45) is 5.73 Å². The van der Waals surface area contributed by atoms with Crippen LogP contribution in [0.4, 0.5) is 0 Å². The molecule has 1 aliphatic heterocycles. The van der Waals surface area contributed by atoms with Gasteiger partial charge in [-0.05, 0) is 49.4 Å². The number of phenolic OH excluding ortho intramolecular Hbond substituents is 1. The molecule has 0 aliphatic carbocycles. The maximum absolute atomic E-state index is 10.5. The molecule has 4 N–H and O–H groups in total. The highest BCUT2D eigenvalue weighted by molar-refractivity contribution is 9.10. The Morgan fingerprint density at radius 2 is 2.07 bits per heavy atom. The minimum atomic E-state index is -0.637. The van der Waals surface area contributed by atoms with Gasteiger partial charge in [0.1, 0.15) is 23.1 Å². The van der Waals surface area contributed by atoms with Crippen molar-refractivity contribution < 1.29 is 14.6 Å². The first-order valence-electron chi connectivity index (χ1n) is 8.91. The standard InChI is InChI=1S/C21H17BrN4O3/c1-2-28-13-6-3-11(4-7-13)19-18-17(14-9-12(22)5-8-16(14)27)15(10-23)20(24)29-21(18)26-25-19/h3-9,17,27H,2,24H2,1H3,(H,25,26). The first-order valence-corrected chi connectivity index (χ1v) is 9.70. The molecule has 1 aliphatic rings. The fourth-order valence-corrected chi connectivity index (χ4v) is 3.80. The van der Waals surface area contributed by atoms with Crippen LogP contribution in [0.5, 0.6) is 17.4 Å². The Hall–Kier alpha value is -3.44. The van der Waals surface area contributed by atoms with E-state index in [9.17, 15) is 10.4 Å². The normalized spacial score (nSPS) is 15.4. The van der Waals surface area contributed by atoms with Gasteiger partial charge in [-0.15, -0.1) is 5.10 Å². The first-order chi connectivity index (χ1) is 14.0. The van der Waals surface area contributed by atoms with Crippen LogP contribution in [-0.4, -0.2) is 21.9 Å². The Bertz CT molecular complexity index is 1150. The average Bonchev–Trinajstić information content (AvgIpc) is 3.13. The highest BCUT2D eigenvalue weighted by Crippen LogP contribution is 2.48. The van der Waals surface area contributed by atoms with Crippen molar-refractivity contribution in [1.82, 2.24) is 10.2 Å². The molecule has 0 saturated heterocycles. The lowest BCUT2D eigenvalue weighted by Crippen LogP contribution is -2.21. The molecule has 0 radical (unpaired) electrons. The van der Waals surface area contributed by atoms with Gasteiger partial charge in [0.25, 0.3) is 0 Å². The van der Waals surface area contributed by atoms with Crippen LogP contribution < -0.4 is 15.2 Å². The predicted molar refractivity (Wildman–Crippen MR) is 110 cm³/mol. The van der Waals surface area contributed by atoms with E-state index in [-0.39, 0.29) is 23.1 Å². The molecule has 0 amide bonds. The third-order valence-corrected chi connectivity index (χ3v) is 5.19. The van der Waals surface area contributed by atoms with Gasteiger partial charge in [-0.3, -0.25) is 5.10 Å². The first kappa shape index (κ1) is 18.9. The summed E-state index contributed by atoms with van der Waals surface area (Å²) in [4.78, 5) is 0. The molecule has 1 aromatic heterocycles. The van der Waals surface area contributed by atoms with Gasteiger partial charge in [-0.2, -0.15) is 5.26 Å². The Morgan fingerprint density at radius 1 is 1.31 bits per heavy atom. The van der Waals surface area contributed by atoms with Gasteiger partial charge in [-0.1, -0.05) is 15.9 Å². The predicted octanol–water partition coefficient (Wildman–Crippen LogP) is 4.16. The quantitative estimate of drug-likeness (QED) is 0.546. The molecule has 2 heterocycles. The molecule has 0 saturated carbocycles. The van der Waals surface area contributed by atoms with Crippen molar-refractivity contribution in [2.45, 2.75) is 12.8 Å². The number of nitrogens with one attached hydrogen (secondary N) is 1. The van der Waals surface area contributed by atoms with Crippen LogP contribution >= 0.6 is 15.9 Å². The van der Waals surface area contributed by atoms with Crippen LogP contribution in [0, 0.1) is 11.3 Å². The van der Waals surface area contributed by atoms with Crippen LogP contribution in [0.15, 0.2) is 58.4 Å². The maximum Gasteiger partial charge on any atom is 0.244 e. The topological polar surface area (TPSA) is 117 Å². The highest BCUT2D eigenvalue weighted by Gasteiger charge is 2.37. The van der Waals surface area contributed by atoms with Gasteiger partial charge in [0, 0.05) is 15.6 Å². The number of aromatic nitrogens is 2. The number of fused-ring (bicyclic) bond motifs is 1. The maximum atomic E-state index is 10.5. The number of allylic oxidation sites excluding steroid dienone is 1. The second-order valence-corrected chi connectivity index (χ2v) is 7.32. The Morgan fingerprint density at radius 3 is 2.76 bits per heavy atom. The third-order valence-electron chi connectivity index (χ3n) is 4.69. The molecular weight excluding hydrogens is 436 g/mol. The second-order valence-electron chi connectivity index (χ2n) is 6.40. The average molecular weight is 453 g/mol. The number of nitrogens with two attached hydrogens (primary N) is 1. The van der Waals surface area contributed by atoms with E-state index >= 15 is 0 Å². The van der Waals surface area contributed by atoms with E-state index in [1.54, 1.807) is 18.2 Å². The van der Waals surface area contributed by atoms with Crippen molar-refractivity contribution in [3.05, 3.63) is 69.5 Å². The fraction of sp³-hybridized carbons (Fsp3) is 0.143. The van der Waals surface area contributed by atoms with E-state index in [4.69, 9.17) is 15.2 Å². The molecule has 1 unspecified atom stereocenters. The molecule has 29 heavy (non-hydrogen) atoms. The number of rotatable bonds is 4. The Labute approximate surface area is 175 Å². The number of benzene rings is 2. The van der Waals surface area contributed by atoms with E-state index in [1.807, 2.05) is 31.2 Å². The van der Waals surface area contributed by atoms with E-state index in [0.29, 0.717) is 23.4 Å². The summed E-state index contributed by atoms with van der Waals surface area (Å²) in [5.74, 6) is 0.403. The summed E-state index contributed by atoms with van der Waals surface area (Å²) in [6.45, 7) is 2.50. The van der Waals surface area contributed by atoms with Crippen molar-refractivity contribution in [3.63, 3.8) is 0 Å². The van der Waals surface area contributed by atoms with Crippen molar-refractivity contribution in [2.75, 3.05) is 6.61 Å². The largest absolute Gasteiger partial charge is 0.508 e. The highest BCUT2D eigenvalue weighted by atomic mass is 79.9. The molecular formula is C21H17BrN4O3. The number of halogens is 1. The number of nitriles is 1. The number of hydrogen-bond donors (Lipinski definition) is 3. The monoisotopic (exact) mass is 452 g/mol. The number of aromatic hydroxyl groups is 1. The van der Waals surface area contributed by atoms with Gasteiger partial charge in [-0.25, -0.2) is 0 Å². The summed E-state index contributed by atoms with van der Waals surface area (Å²) in [5, 5.41) is 27.5. The smallest absolute Gasteiger partial charge is 0.244 e. The second kappa shape index (κ2) is 7.53. The number of H-pyrrole nitrogens is 1. The van der Waals surface area contributed by atoms with Gasteiger partial charge >= 0.3 is 0 Å². The summed E-state index contributed by atoms with van der Waals surface area (Å²) in [6, 6.07) is 14.7. The molecule has 3 aromatic rings. The summed E-state index contributed by atoms with van der Waals surface area (Å²) in [6.07, 6.45) is 0. The molecule has 2 aromatic carbocycles. The van der Waals surface area contributed by atoms with Gasteiger partial charge in [0.05, 0.1) is 23.8 Å². The van der Waals surface area contributed by atoms with E-state index in [1.165, 1.54) is 0 Å². The lowest BCUT2D eigenvalue weighted by molar-refractivity contribution is 0.340. The zero-order chi connectivity index (χ0) is 20.5. The molecule has 0 bridgehead atoms. The fourth-order valence-electron chi connectivity index (χ4n) is 3.42. The van der Waals surface area contributed by atoms with E-state index in [2.05, 4.69) is 32.2 Å². The molecule has 7 nitrogen and oxygen atoms in total. The van der Waals surface area contributed by atoms with Crippen LogP contribution in [0.3, 0.4) is 0 Å². The molecule has 0 spiro atoms. The number of aromatic amines is 1. The van der Waals surface area contributed by atoms with Crippen molar-refractivity contribution in [3.8, 4) is 34.7 Å². The number of hydrogen-bond acceptors (Lipinski definition) is 6. The van der Waals surface area contributed by atoms with Gasteiger partial charge in [0.2, 0.25) is 11.8 Å². The van der Waals surface area contributed by atoms with Crippen LogP contribution in [-0.2, 0) is 0 Å². The number of phenols is 1. The van der Waals surface area contributed by atoms with Crippen LogP contribution in [0.1, 0.15) is 24.0 Å². The zero-order valence-corrected chi connectivity index (χ0v) is 17.0. The number of ether oxygens (including phenoxy) is 2. The van der Waals surface area contributed by atoms with Crippen molar-refractivity contribution >= 4 is 15.9 Å². The Kier molecular flexibility index (Phi) is 4.91. The lowest BCUT2D eigenvalue weighted by atomic mass is 9.82. The van der Waals surface area contributed by atoms with E-state index < -0.39 is 5.92 Å². The van der Waals surface area contributed by atoms with Crippen LogP contribution in [0.2, 0.25) is 0 Å². The van der Waals surface area contributed by atoms with Crippen LogP contribution in [0.25, 0.3) is 11.3 Å². The summed E-state index contributed by atoms with van der Waals surface area (Å²) in [5.41, 5.74) is 8.87. The summed E-state index contributed by atoms with van der Waals surface area (Å²) < 4.78 is 11.9. The lowest BCUT2D eigenvalue weighted by Gasteiger charge is -2.24. The van der Waals surface area contributed by atoms with Crippen molar-refractivity contribution in [1.29, 1.82) is 5.26 Å². The molecule has 4 rings (SSSR count). The summed E-state index contributed by atoms with van der Waals surface area (Å²) in [7, 11) is 0. The van der Waals surface area contributed by atoms with Gasteiger partial charge in [0.15, 0.2) is 0 Å². The minimum Gasteiger partial charge on any atom is -0.508 e. The molecule has 0 fully saturated rings. The Balaban J connectivity index is 1.90. The number of nitrogens with zero attached hydrogens (tertiary/aromatic N) is 2. The van der Waals surface area contributed by atoms with E-state index in [0.717, 1.165) is 15.8 Å². The molecule has 146 valence electrons. The molecule has 8 heteroatoms. The SMILES string of the molecule is CCOc1ccc(-c2[nH]nc3c2C(c2cc(Br)ccc2O)C(C#N)=C(N)O3)cc1. The summed E-state index contributed by atoms with van der Waals surface area (Å²) >= 11 is 3.43. The van der Waals surface area contributed by atoms with Gasteiger partial charge < -0.3 is 20.3 Å². The third kappa shape index (κ3) is 3.30.